The Bertz CT molecular complexity index is 521. The lowest BCUT2D eigenvalue weighted by molar-refractivity contribution is 0.570. The third-order valence-electron chi connectivity index (χ3n) is 2.80. The van der Waals surface area contributed by atoms with Gasteiger partial charge in [0.2, 0.25) is 10.0 Å². The maximum Gasteiger partial charge on any atom is 0.241 e. The predicted molar refractivity (Wildman–Crippen MR) is 84.6 cm³/mol. The molecule has 110 valence electrons. The largest absolute Gasteiger partial charge is 0.315 e. The van der Waals surface area contributed by atoms with Gasteiger partial charge in [-0.15, -0.1) is 11.3 Å². The summed E-state index contributed by atoms with van der Waals surface area (Å²) in [4.78, 5) is 2.27. The number of thioether (sulfide) groups is 1. The smallest absolute Gasteiger partial charge is 0.241 e. The summed E-state index contributed by atoms with van der Waals surface area (Å²) >= 11 is 3.16. The van der Waals surface area contributed by atoms with E-state index in [1.807, 2.05) is 34.1 Å². The van der Waals surface area contributed by atoms with Crippen molar-refractivity contribution in [2.45, 2.75) is 37.0 Å². The van der Waals surface area contributed by atoms with Gasteiger partial charge >= 0.3 is 0 Å². The minimum atomic E-state index is -3.41. The van der Waals surface area contributed by atoms with Crippen LogP contribution in [-0.4, -0.2) is 33.0 Å². The molecule has 0 atom stereocenters. The van der Waals surface area contributed by atoms with E-state index < -0.39 is 10.0 Å². The lowest BCUT2D eigenvalue weighted by Gasteiger charge is -2.22. The second-order valence-corrected chi connectivity index (χ2v) is 9.54. The molecule has 0 spiro atoms. The van der Waals surface area contributed by atoms with Crippen LogP contribution in [0.1, 0.15) is 23.6 Å². The fraction of sp³-hybridized carbons (Fsp3) is 0.667. The minimum absolute atomic E-state index is 0.106. The van der Waals surface area contributed by atoms with Crippen LogP contribution in [0.3, 0.4) is 0 Å². The highest BCUT2D eigenvalue weighted by molar-refractivity contribution is 8.00. The Labute approximate surface area is 124 Å². The Kier molecular flexibility index (Phi) is 5.88. The van der Waals surface area contributed by atoms with Gasteiger partial charge in [0.15, 0.2) is 0 Å². The quantitative estimate of drug-likeness (QED) is 0.808. The van der Waals surface area contributed by atoms with Crippen molar-refractivity contribution in [3.63, 3.8) is 0 Å². The zero-order valence-electron chi connectivity index (χ0n) is 12.0. The van der Waals surface area contributed by atoms with E-state index in [4.69, 9.17) is 0 Å². The normalized spacial score (nSPS) is 12.9. The summed E-state index contributed by atoms with van der Waals surface area (Å²) in [6.07, 6.45) is 1.98. The molecule has 19 heavy (non-hydrogen) atoms. The average Bonchev–Trinajstić information content (AvgIpc) is 2.70. The van der Waals surface area contributed by atoms with Gasteiger partial charge in [-0.05, 0) is 40.1 Å². The van der Waals surface area contributed by atoms with Crippen molar-refractivity contribution in [2.24, 2.45) is 0 Å². The van der Waals surface area contributed by atoms with Crippen LogP contribution >= 0.6 is 23.1 Å². The molecule has 1 aromatic rings. The molecule has 0 amide bonds. The summed E-state index contributed by atoms with van der Waals surface area (Å²) in [6.45, 7) is 7.00. The molecule has 0 bridgehead atoms. The molecule has 0 saturated carbocycles. The van der Waals surface area contributed by atoms with Gasteiger partial charge in [-0.25, -0.2) is 13.1 Å². The second kappa shape index (κ2) is 6.58. The van der Waals surface area contributed by atoms with Gasteiger partial charge < -0.3 is 5.32 Å². The molecule has 7 heteroatoms. The van der Waals surface area contributed by atoms with E-state index in [9.17, 15) is 8.42 Å². The van der Waals surface area contributed by atoms with Gasteiger partial charge in [0, 0.05) is 27.6 Å². The number of hydrogen-bond acceptors (Lipinski definition) is 5. The van der Waals surface area contributed by atoms with Gasteiger partial charge in [-0.3, -0.25) is 0 Å². The number of thiophene rings is 1. The van der Waals surface area contributed by atoms with E-state index in [2.05, 4.69) is 10.0 Å². The molecule has 1 heterocycles. The van der Waals surface area contributed by atoms with Crippen molar-refractivity contribution in [2.75, 3.05) is 19.8 Å². The Hall–Kier alpha value is -0.0800. The van der Waals surface area contributed by atoms with Crippen molar-refractivity contribution in [1.29, 1.82) is 0 Å². The predicted octanol–water partition coefficient (Wildman–Crippen LogP) is 2.20. The van der Waals surface area contributed by atoms with E-state index in [1.54, 1.807) is 17.8 Å². The maximum atomic E-state index is 12.3. The fourth-order valence-electron chi connectivity index (χ4n) is 1.47. The van der Waals surface area contributed by atoms with Crippen molar-refractivity contribution >= 4 is 33.1 Å². The summed E-state index contributed by atoms with van der Waals surface area (Å²) in [5.41, 5.74) is 0. The number of hydrogen-bond donors (Lipinski definition) is 2. The first-order chi connectivity index (χ1) is 8.72. The van der Waals surface area contributed by atoms with E-state index in [0.717, 1.165) is 9.75 Å². The molecule has 0 saturated heterocycles. The fourth-order valence-corrected chi connectivity index (χ4v) is 4.64. The third kappa shape index (κ3) is 4.75. The van der Waals surface area contributed by atoms with Crippen LogP contribution in [-0.2, 0) is 16.6 Å². The van der Waals surface area contributed by atoms with Gasteiger partial charge in [-0.1, -0.05) is 0 Å². The molecule has 0 fully saturated rings. The molecule has 0 radical (unpaired) electrons. The summed E-state index contributed by atoms with van der Waals surface area (Å²) in [5, 5.41) is 3.03. The van der Waals surface area contributed by atoms with Crippen molar-refractivity contribution < 1.29 is 8.42 Å². The average molecular weight is 323 g/mol. The van der Waals surface area contributed by atoms with Crippen molar-refractivity contribution in [3.8, 4) is 0 Å². The van der Waals surface area contributed by atoms with Crippen LogP contribution in [0.25, 0.3) is 0 Å². The summed E-state index contributed by atoms with van der Waals surface area (Å²) < 4.78 is 27.2. The zero-order chi connectivity index (χ0) is 14.7. The summed E-state index contributed by atoms with van der Waals surface area (Å²) in [7, 11) is -1.56. The highest BCUT2D eigenvalue weighted by Gasteiger charge is 2.24. The molecular formula is C12H22N2O2S3. The molecule has 2 N–H and O–H groups in total. The Morgan fingerprint density at radius 3 is 2.58 bits per heavy atom. The Balaban J connectivity index is 2.88. The van der Waals surface area contributed by atoms with Crippen molar-refractivity contribution in [1.82, 2.24) is 10.0 Å². The molecule has 1 rings (SSSR count). The summed E-state index contributed by atoms with van der Waals surface area (Å²) in [5.74, 6) is 0. The lowest BCUT2D eigenvalue weighted by atomic mass is 10.2. The van der Waals surface area contributed by atoms with E-state index >= 15 is 0 Å². The topological polar surface area (TPSA) is 58.2 Å². The SMILES string of the molecule is CNCc1cc(S(=O)(=O)NCC(C)(C)SC)c(C)s1. The molecule has 0 aliphatic heterocycles. The van der Waals surface area contributed by atoms with E-state index in [0.29, 0.717) is 18.0 Å². The van der Waals surface area contributed by atoms with Crippen molar-refractivity contribution in [3.05, 3.63) is 15.8 Å². The van der Waals surface area contributed by atoms with Crippen LogP contribution in [0, 0.1) is 6.92 Å². The molecule has 0 aromatic carbocycles. The first-order valence-corrected chi connectivity index (χ1v) is 9.53. The van der Waals surface area contributed by atoms with Crippen LogP contribution in [0.2, 0.25) is 0 Å². The van der Waals surface area contributed by atoms with Crippen LogP contribution in [0.15, 0.2) is 11.0 Å². The van der Waals surface area contributed by atoms with E-state index in [-0.39, 0.29) is 4.75 Å². The first kappa shape index (κ1) is 17.0. The maximum absolute atomic E-state index is 12.3. The van der Waals surface area contributed by atoms with Gasteiger partial charge in [0.25, 0.3) is 0 Å². The highest BCUT2D eigenvalue weighted by Crippen LogP contribution is 2.26. The number of rotatable bonds is 7. The molecule has 4 nitrogen and oxygen atoms in total. The monoisotopic (exact) mass is 322 g/mol. The minimum Gasteiger partial charge on any atom is -0.315 e. The van der Waals surface area contributed by atoms with Gasteiger partial charge in [0.05, 0.1) is 4.90 Å². The molecular weight excluding hydrogens is 300 g/mol. The number of nitrogens with one attached hydrogen (secondary N) is 2. The zero-order valence-corrected chi connectivity index (χ0v) is 14.5. The summed E-state index contributed by atoms with van der Waals surface area (Å²) in [6, 6.07) is 1.75. The standard InChI is InChI=1S/C12H22N2O2S3/c1-9-11(6-10(18-9)7-13-4)19(15,16)14-8-12(2,3)17-5/h6,13-14H,7-8H2,1-5H3. The van der Waals surface area contributed by atoms with E-state index in [1.165, 1.54) is 11.3 Å². The van der Waals surface area contributed by atoms with Crippen LogP contribution in [0.4, 0.5) is 0 Å². The lowest BCUT2D eigenvalue weighted by Crippen LogP contribution is -2.36. The van der Waals surface area contributed by atoms with Gasteiger partial charge in [-0.2, -0.15) is 11.8 Å². The van der Waals surface area contributed by atoms with Gasteiger partial charge in [0.1, 0.15) is 0 Å². The highest BCUT2D eigenvalue weighted by atomic mass is 32.2. The number of sulfonamides is 1. The first-order valence-electron chi connectivity index (χ1n) is 6.00. The molecule has 1 aromatic heterocycles. The Morgan fingerprint density at radius 1 is 1.42 bits per heavy atom. The number of aryl methyl sites for hydroxylation is 1. The molecule has 0 aliphatic carbocycles. The third-order valence-corrected chi connectivity index (χ3v) is 6.76. The second-order valence-electron chi connectivity index (χ2n) is 4.95. The van der Waals surface area contributed by atoms with Crippen LogP contribution < -0.4 is 10.0 Å². The van der Waals surface area contributed by atoms with Crippen LogP contribution in [0.5, 0.6) is 0 Å². The molecule has 0 aliphatic rings. The Morgan fingerprint density at radius 2 is 2.05 bits per heavy atom. The molecule has 0 unspecified atom stereocenters.